The molecule has 1 aliphatic heterocycles. The summed E-state index contributed by atoms with van der Waals surface area (Å²) in [6.45, 7) is 8.71. The molecule has 0 aliphatic carbocycles. The van der Waals surface area contributed by atoms with Gasteiger partial charge in [-0.25, -0.2) is 0 Å². The predicted molar refractivity (Wildman–Crippen MR) is 97.8 cm³/mol. The lowest BCUT2D eigenvalue weighted by atomic mass is 10.1. The minimum absolute atomic E-state index is 0.0757. The fourth-order valence-electron chi connectivity index (χ4n) is 2.85. The van der Waals surface area contributed by atoms with E-state index in [2.05, 4.69) is 10.2 Å². The zero-order chi connectivity index (χ0) is 18.2. The van der Waals surface area contributed by atoms with Crippen molar-refractivity contribution in [3.05, 3.63) is 29.8 Å². The second kappa shape index (κ2) is 9.42. The highest BCUT2D eigenvalue weighted by atomic mass is 16.5. The Morgan fingerprint density at radius 1 is 1.16 bits per heavy atom. The Hall–Kier alpha value is -2.08. The normalized spacial score (nSPS) is 16.4. The Labute approximate surface area is 150 Å². The summed E-state index contributed by atoms with van der Waals surface area (Å²) >= 11 is 0. The number of carbonyl (C=O) groups is 2. The van der Waals surface area contributed by atoms with Gasteiger partial charge in [-0.2, -0.15) is 0 Å². The van der Waals surface area contributed by atoms with Gasteiger partial charge in [0.05, 0.1) is 7.11 Å². The highest BCUT2D eigenvalue weighted by molar-refractivity contribution is 5.94. The van der Waals surface area contributed by atoms with Gasteiger partial charge in [0.2, 0.25) is 5.91 Å². The molecule has 1 N–H and O–H groups in total. The van der Waals surface area contributed by atoms with Crippen molar-refractivity contribution in [2.24, 2.45) is 5.92 Å². The van der Waals surface area contributed by atoms with Gasteiger partial charge in [0.1, 0.15) is 5.75 Å². The molecule has 1 fully saturated rings. The van der Waals surface area contributed by atoms with E-state index >= 15 is 0 Å². The van der Waals surface area contributed by atoms with Crippen molar-refractivity contribution in [3.63, 3.8) is 0 Å². The topological polar surface area (TPSA) is 61.9 Å². The van der Waals surface area contributed by atoms with Crippen LogP contribution >= 0.6 is 0 Å². The van der Waals surface area contributed by atoms with Crippen LogP contribution < -0.4 is 10.1 Å². The first-order valence-corrected chi connectivity index (χ1v) is 8.98. The number of benzene rings is 1. The van der Waals surface area contributed by atoms with E-state index in [-0.39, 0.29) is 17.7 Å². The van der Waals surface area contributed by atoms with Gasteiger partial charge in [0.15, 0.2) is 0 Å². The van der Waals surface area contributed by atoms with Gasteiger partial charge in [0, 0.05) is 50.7 Å². The second-order valence-corrected chi connectivity index (χ2v) is 6.46. The van der Waals surface area contributed by atoms with Gasteiger partial charge >= 0.3 is 0 Å². The van der Waals surface area contributed by atoms with Crippen LogP contribution in [0.4, 0.5) is 0 Å². The molecule has 0 unspecified atom stereocenters. The van der Waals surface area contributed by atoms with Gasteiger partial charge in [-0.3, -0.25) is 14.5 Å². The third-order valence-corrected chi connectivity index (χ3v) is 4.78. The van der Waals surface area contributed by atoms with Crippen LogP contribution in [-0.4, -0.2) is 68.0 Å². The Morgan fingerprint density at radius 2 is 1.80 bits per heavy atom. The molecule has 1 heterocycles. The summed E-state index contributed by atoms with van der Waals surface area (Å²) in [6, 6.07) is 7.08. The maximum absolute atomic E-state index is 12.2. The molecule has 6 heteroatoms. The fraction of sp³-hybridized carbons (Fsp3) is 0.579. The summed E-state index contributed by atoms with van der Waals surface area (Å²) in [5, 5.41) is 2.94. The van der Waals surface area contributed by atoms with Crippen molar-refractivity contribution in [2.75, 3.05) is 46.4 Å². The highest BCUT2D eigenvalue weighted by Crippen LogP contribution is 2.11. The van der Waals surface area contributed by atoms with Crippen LogP contribution in [0.2, 0.25) is 0 Å². The zero-order valence-electron chi connectivity index (χ0n) is 15.5. The number of amides is 2. The summed E-state index contributed by atoms with van der Waals surface area (Å²) in [7, 11) is 1.60. The molecule has 2 amide bonds. The predicted octanol–water partition coefficient (Wildman–Crippen LogP) is 1.62. The van der Waals surface area contributed by atoms with Crippen LogP contribution in [0.3, 0.4) is 0 Å². The van der Waals surface area contributed by atoms with Crippen molar-refractivity contribution in [1.82, 2.24) is 15.1 Å². The van der Waals surface area contributed by atoms with Crippen LogP contribution in [0.25, 0.3) is 0 Å². The summed E-state index contributed by atoms with van der Waals surface area (Å²) < 4.78 is 5.09. The Morgan fingerprint density at radius 3 is 2.36 bits per heavy atom. The van der Waals surface area contributed by atoms with E-state index in [0.29, 0.717) is 12.1 Å². The second-order valence-electron chi connectivity index (χ2n) is 6.46. The standard InChI is InChI=1S/C19H29N3O3/c1-4-15(2)19(24)22-13-11-21(12-14-22)10-9-20-18(23)16-5-7-17(25-3)8-6-16/h5-8,15H,4,9-14H2,1-3H3,(H,20,23)/t15-/m1/s1. The number of ether oxygens (including phenoxy) is 1. The molecule has 0 bridgehead atoms. The smallest absolute Gasteiger partial charge is 0.251 e. The van der Waals surface area contributed by atoms with Crippen LogP contribution in [0.15, 0.2) is 24.3 Å². The molecule has 1 aliphatic rings. The van der Waals surface area contributed by atoms with E-state index in [1.165, 1.54) is 0 Å². The number of nitrogens with one attached hydrogen (secondary N) is 1. The molecule has 25 heavy (non-hydrogen) atoms. The van der Waals surface area contributed by atoms with Crippen molar-refractivity contribution in [2.45, 2.75) is 20.3 Å². The molecular weight excluding hydrogens is 318 g/mol. The number of carbonyl (C=O) groups excluding carboxylic acids is 2. The summed E-state index contributed by atoms with van der Waals surface area (Å²) in [6.07, 6.45) is 0.885. The van der Waals surface area contributed by atoms with E-state index in [1.807, 2.05) is 18.7 Å². The molecule has 1 atom stereocenters. The van der Waals surface area contributed by atoms with Crippen molar-refractivity contribution < 1.29 is 14.3 Å². The SMILES string of the molecule is CC[C@@H](C)C(=O)N1CCN(CCNC(=O)c2ccc(OC)cc2)CC1. The molecule has 2 rings (SSSR count). The van der Waals surface area contributed by atoms with E-state index < -0.39 is 0 Å². The summed E-state index contributed by atoms with van der Waals surface area (Å²) in [5.74, 6) is 1.03. The van der Waals surface area contributed by atoms with Crippen LogP contribution in [0.1, 0.15) is 30.6 Å². The minimum atomic E-state index is -0.0757. The van der Waals surface area contributed by atoms with Crippen molar-refractivity contribution in [3.8, 4) is 5.75 Å². The average molecular weight is 347 g/mol. The van der Waals surface area contributed by atoms with E-state index in [0.717, 1.165) is 44.9 Å². The van der Waals surface area contributed by atoms with Crippen molar-refractivity contribution >= 4 is 11.8 Å². The van der Waals surface area contributed by atoms with Crippen molar-refractivity contribution in [1.29, 1.82) is 0 Å². The van der Waals surface area contributed by atoms with E-state index in [9.17, 15) is 9.59 Å². The maximum Gasteiger partial charge on any atom is 0.251 e. The number of rotatable bonds is 7. The van der Waals surface area contributed by atoms with E-state index in [4.69, 9.17) is 4.74 Å². The quantitative estimate of drug-likeness (QED) is 0.814. The molecule has 0 radical (unpaired) electrons. The third-order valence-electron chi connectivity index (χ3n) is 4.78. The lowest BCUT2D eigenvalue weighted by Crippen LogP contribution is -2.51. The average Bonchev–Trinajstić information content (AvgIpc) is 2.67. The Balaban J connectivity index is 1.69. The van der Waals surface area contributed by atoms with Crippen LogP contribution in [0.5, 0.6) is 5.75 Å². The van der Waals surface area contributed by atoms with Gasteiger partial charge in [-0.1, -0.05) is 13.8 Å². The monoisotopic (exact) mass is 347 g/mol. The number of hydrogen-bond donors (Lipinski definition) is 1. The Kier molecular flexibility index (Phi) is 7.25. The molecule has 1 aromatic carbocycles. The first-order valence-electron chi connectivity index (χ1n) is 8.98. The van der Waals surface area contributed by atoms with E-state index in [1.54, 1.807) is 31.4 Å². The zero-order valence-corrected chi connectivity index (χ0v) is 15.5. The fourth-order valence-corrected chi connectivity index (χ4v) is 2.85. The first-order chi connectivity index (χ1) is 12.0. The van der Waals surface area contributed by atoms with Gasteiger partial charge in [-0.15, -0.1) is 0 Å². The molecule has 1 saturated heterocycles. The van der Waals surface area contributed by atoms with Crippen LogP contribution in [0, 0.1) is 5.92 Å². The molecular formula is C19H29N3O3. The number of methoxy groups -OCH3 is 1. The first kappa shape index (κ1) is 19.2. The molecule has 1 aromatic rings. The molecule has 138 valence electrons. The minimum Gasteiger partial charge on any atom is -0.497 e. The maximum atomic E-state index is 12.2. The number of nitrogens with zero attached hydrogens (tertiary/aromatic N) is 2. The lowest BCUT2D eigenvalue weighted by molar-refractivity contribution is -0.136. The highest BCUT2D eigenvalue weighted by Gasteiger charge is 2.23. The third kappa shape index (κ3) is 5.46. The lowest BCUT2D eigenvalue weighted by Gasteiger charge is -2.35. The van der Waals surface area contributed by atoms with Gasteiger partial charge in [0.25, 0.3) is 5.91 Å². The van der Waals surface area contributed by atoms with Gasteiger partial charge < -0.3 is 15.0 Å². The molecule has 0 spiro atoms. The number of piperazine rings is 1. The summed E-state index contributed by atoms with van der Waals surface area (Å²) in [4.78, 5) is 28.5. The molecule has 6 nitrogen and oxygen atoms in total. The summed E-state index contributed by atoms with van der Waals surface area (Å²) in [5.41, 5.74) is 0.629. The number of hydrogen-bond acceptors (Lipinski definition) is 4. The van der Waals surface area contributed by atoms with Crippen LogP contribution in [-0.2, 0) is 4.79 Å². The molecule has 0 aromatic heterocycles. The Bertz CT molecular complexity index is 566. The van der Waals surface area contributed by atoms with Gasteiger partial charge in [-0.05, 0) is 30.7 Å². The largest absolute Gasteiger partial charge is 0.497 e. The molecule has 0 saturated carbocycles.